The van der Waals surface area contributed by atoms with E-state index in [1.54, 1.807) is 5.01 Å². The summed E-state index contributed by atoms with van der Waals surface area (Å²) in [5.74, 6) is 0. The van der Waals surface area contributed by atoms with Gasteiger partial charge in [0, 0.05) is 0 Å². The van der Waals surface area contributed by atoms with Crippen molar-refractivity contribution in [3.8, 4) is 0 Å². The summed E-state index contributed by atoms with van der Waals surface area (Å²) in [4.78, 5) is 4.01. The molecule has 3 aliphatic rings. The van der Waals surface area contributed by atoms with Crippen molar-refractivity contribution < 1.29 is 15.1 Å². The number of hydrogen-bond acceptors (Lipinski definition) is 8. The standard InChI is InChI=1S/C9H13N5O3/c15-4-6-1-2-8(17-6)14-7-3-13(16)5-10-9(7)11-12-14/h3,5-6,8-9,15-16H,1-2,4H2/t6-,8-,9?/m0/s1. The summed E-state index contributed by atoms with van der Waals surface area (Å²) < 4.78 is 5.61. The van der Waals surface area contributed by atoms with Gasteiger partial charge in [-0.05, 0) is 12.8 Å². The number of fused-ring (bicyclic) bond motifs is 1. The molecule has 3 atom stereocenters. The zero-order valence-corrected chi connectivity index (χ0v) is 9.05. The minimum atomic E-state index is -0.393. The number of aliphatic hydroxyl groups is 1. The van der Waals surface area contributed by atoms with Crippen LogP contribution < -0.4 is 0 Å². The van der Waals surface area contributed by atoms with Crippen LogP contribution in [-0.2, 0) is 4.74 Å². The van der Waals surface area contributed by atoms with Crippen molar-refractivity contribution in [1.29, 1.82) is 0 Å². The molecule has 0 aliphatic carbocycles. The molecule has 8 nitrogen and oxygen atoms in total. The molecule has 3 heterocycles. The predicted octanol–water partition coefficient (Wildman–Crippen LogP) is 0.0672. The Morgan fingerprint density at radius 2 is 2.35 bits per heavy atom. The predicted molar refractivity (Wildman–Crippen MR) is 55.7 cm³/mol. The number of hydrogen-bond donors (Lipinski definition) is 2. The Morgan fingerprint density at radius 3 is 3.12 bits per heavy atom. The van der Waals surface area contributed by atoms with Gasteiger partial charge >= 0.3 is 0 Å². The van der Waals surface area contributed by atoms with E-state index in [1.807, 2.05) is 0 Å². The van der Waals surface area contributed by atoms with Crippen LogP contribution in [0.25, 0.3) is 0 Å². The van der Waals surface area contributed by atoms with Gasteiger partial charge in [-0.15, -0.1) is 5.11 Å². The number of ether oxygens (including phenoxy) is 1. The third-order valence-electron chi connectivity index (χ3n) is 2.94. The van der Waals surface area contributed by atoms with E-state index < -0.39 is 6.17 Å². The molecular formula is C9H13N5O3. The van der Waals surface area contributed by atoms with Crippen LogP contribution in [0.2, 0.25) is 0 Å². The molecule has 0 spiro atoms. The molecular weight excluding hydrogens is 226 g/mol. The summed E-state index contributed by atoms with van der Waals surface area (Å²) in [7, 11) is 0. The Bertz CT molecular complexity index is 396. The second-order valence-electron chi connectivity index (χ2n) is 4.09. The van der Waals surface area contributed by atoms with Crippen LogP contribution >= 0.6 is 0 Å². The van der Waals surface area contributed by atoms with E-state index in [-0.39, 0.29) is 18.9 Å². The molecule has 0 bridgehead atoms. The number of rotatable bonds is 2. The summed E-state index contributed by atoms with van der Waals surface area (Å²) >= 11 is 0. The molecule has 0 aromatic heterocycles. The molecule has 0 saturated carbocycles. The first kappa shape index (κ1) is 10.6. The molecule has 17 heavy (non-hydrogen) atoms. The van der Waals surface area contributed by atoms with E-state index in [2.05, 4.69) is 15.3 Å². The average molecular weight is 239 g/mol. The van der Waals surface area contributed by atoms with Gasteiger partial charge < -0.3 is 9.84 Å². The van der Waals surface area contributed by atoms with Gasteiger partial charge in [0.15, 0.2) is 6.23 Å². The summed E-state index contributed by atoms with van der Waals surface area (Å²) in [5.41, 5.74) is 0.679. The fourth-order valence-electron chi connectivity index (χ4n) is 2.09. The topological polar surface area (TPSA) is 93.2 Å². The van der Waals surface area contributed by atoms with Crippen molar-refractivity contribution in [1.82, 2.24) is 10.1 Å². The van der Waals surface area contributed by atoms with Crippen LogP contribution in [0.3, 0.4) is 0 Å². The van der Waals surface area contributed by atoms with Crippen molar-refractivity contribution in [2.75, 3.05) is 6.61 Å². The molecule has 8 heteroatoms. The van der Waals surface area contributed by atoms with Crippen molar-refractivity contribution >= 4 is 6.34 Å². The van der Waals surface area contributed by atoms with Gasteiger partial charge in [-0.3, -0.25) is 5.21 Å². The summed E-state index contributed by atoms with van der Waals surface area (Å²) in [5, 5.41) is 28.8. The molecule has 1 fully saturated rings. The molecule has 1 saturated heterocycles. The zero-order chi connectivity index (χ0) is 11.8. The lowest BCUT2D eigenvalue weighted by Gasteiger charge is -2.25. The highest BCUT2D eigenvalue weighted by Gasteiger charge is 2.37. The van der Waals surface area contributed by atoms with Gasteiger partial charge in [-0.2, -0.15) is 0 Å². The molecule has 0 aromatic carbocycles. The smallest absolute Gasteiger partial charge is 0.207 e. The SMILES string of the molecule is OC[C@@H]1CC[C@@H](N2N=NC3N=CN(O)C=C32)O1. The minimum absolute atomic E-state index is 0.00817. The van der Waals surface area contributed by atoms with E-state index in [4.69, 9.17) is 9.84 Å². The largest absolute Gasteiger partial charge is 0.394 e. The lowest BCUT2D eigenvalue weighted by molar-refractivity contribution is -0.0560. The van der Waals surface area contributed by atoms with Crippen LogP contribution in [-0.4, -0.2) is 51.8 Å². The monoisotopic (exact) mass is 239 g/mol. The third kappa shape index (κ3) is 1.79. The Kier molecular flexibility index (Phi) is 2.54. The van der Waals surface area contributed by atoms with Gasteiger partial charge in [-0.25, -0.2) is 15.1 Å². The molecule has 92 valence electrons. The first-order valence-electron chi connectivity index (χ1n) is 5.46. The highest BCUT2D eigenvalue weighted by Crippen LogP contribution is 2.32. The molecule has 2 N–H and O–H groups in total. The summed E-state index contributed by atoms with van der Waals surface area (Å²) in [6.45, 7) is 0.00817. The van der Waals surface area contributed by atoms with Crippen molar-refractivity contribution in [2.24, 2.45) is 15.3 Å². The first-order valence-corrected chi connectivity index (χ1v) is 5.46. The molecule has 0 aromatic rings. The molecule has 0 radical (unpaired) electrons. The van der Waals surface area contributed by atoms with E-state index in [1.165, 1.54) is 12.5 Å². The minimum Gasteiger partial charge on any atom is -0.394 e. The number of aliphatic hydroxyl groups excluding tert-OH is 1. The number of hydroxylamine groups is 2. The lowest BCUT2D eigenvalue weighted by Crippen LogP contribution is -2.33. The Morgan fingerprint density at radius 1 is 1.47 bits per heavy atom. The van der Waals surface area contributed by atoms with Crippen molar-refractivity contribution in [2.45, 2.75) is 31.3 Å². The Hall–Kier alpha value is -1.51. The van der Waals surface area contributed by atoms with Crippen LogP contribution in [0.15, 0.2) is 27.2 Å². The van der Waals surface area contributed by atoms with E-state index in [0.717, 1.165) is 17.9 Å². The maximum atomic E-state index is 9.33. The second kappa shape index (κ2) is 4.06. The fraction of sp³-hybridized carbons (Fsp3) is 0.667. The second-order valence-corrected chi connectivity index (χ2v) is 4.09. The number of nitrogens with zero attached hydrogens (tertiary/aromatic N) is 5. The van der Waals surface area contributed by atoms with Gasteiger partial charge in [0.25, 0.3) is 0 Å². The molecule has 3 aliphatic heterocycles. The fourth-order valence-corrected chi connectivity index (χ4v) is 2.09. The average Bonchev–Trinajstić information content (AvgIpc) is 2.93. The molecule has 1 unspecified atom stereocenters. The van der Waals surface area contributed by atoms with E-state index >= 15 is 0 Å². The highest BCUT2D eigenvalue weighted by atomic mass is 16.5. The summed E-state index contributed by atoms with van der Waals surface area (Å²) in [6, 6.07) is 0. The zero-order valence-electron chi connectivity index (χ0n) is 9.05. The van der Waals surface area contributed by atoms with Crippen LogP contribution in [0.1, 0.15) is 12.8 Å². The van der Waals surface area contributed by atoms with Gasteiger partial charge in [-0.1, -0.05) is 5.22 Å². The Labute approximate surface area is 97.4 Å². The maximum absolute atomic E-state index is 9.33. The third-order valence-corrected chi connectivity index (χ3v) is 2.94. The highest BCUT2D eigenvalue weighted by molar-refractivity contribution is 5.57. The quantitative estimate of drug-likeness (QED) is 0.711. The van der Waals surface area contributed by atoms with Crippen molar-refractivity contribution in [3.63, 3.8) is 0 Å². The maximum Gasteiger partial charge on any atom is 0.207 e. The molecule has 3 rings (SSSR count). The van der Waals surface area contributed by atoms with Gasteiger partial charge in [0.1, 0.15) is 12.0 Å². The van der Waals surface area contributed by atoms with E-state index in [9.17, 15) is 5.21 Å². The Balaban J connectivity index is 1.75. The van der Waals surface area contributed by atoms with Crippen LogP contribution in [0.5, 0.6) is 0 Å². The summed E-state index contributed by atoms with van der Waals surface area (Å²) in [6.07, 6.45) is 3.56. The van der Waals surface area contributed by atoms with Gasteiger partial charge in [0.05, 0.1) is 18.9 Å². The van der Waals surface area contributed by atoms with Crippen LogP contribution in [0.4, 0.5) is 0 Å². The lowest BCUT2D eigenvalue weighted by atomic mass is 10.2. The van der Waals surface area contributed by atoms with Crippen molar-refractivity contribution in [3.05, 3.63) is 11.9 Å². The van der Waals surface area contributed by atoms with E-state index in [0.29, 0.717) is 5.70 Å². The number of aliphatic imine (C=N–C) groups is 1. The van der Waals surface area contributed by atoms with Crippen LogP contribution in [0, 0.1) is 0 Å². The normalized spacial score (nSPS) is 35.4. The molecule has 0 amide bonds. The van der Waals surface area contributed by atoms with Gasteiger partial charge in [0.2, 0.25) is 6.17 Å². The first-order chi connectivity index (χ1) is 8.28.